The van der Waals surface area contributed by atoms with Crippen molar-refractivity contribution in [2.24, 2.45) is 0 Å². The van der Waals surface area contributed by atoms with E-state index in [2.05, 4.69) is 24.2 Å². The Balaban J connectivity index is 3.90. The maximum atomic E-state index is 3.78. The van der Waals surface area contributed by atoms with Crippen molar-refractivity contribution in [2.75, 3.05) is 12.8 Å². The Morgan fingerprint density at radius 2 is 2.25 bits per heavy atom. The summed E-state index contributed by atoms with van der Waals surface area (Å²) < 4.78 is 0. The van der Waals surface area contributed by atoms with Gasteiger partial charge in [-0.2, -0.15) is 0 Å². The summed E-state index contributed by atoms with van der Waals surface area (Å²) in [5, 5.41) is 3.19. The molecule has 0 radical (unpaired) electrons. The monoisotopic (exact) mass is 183 g/mol. The van der Waals surface area contributed by atoms with Crippen molar-refractivity contribution in [3.63, 3.8) is 0 Å². The zero-order chi connectivity index (χ0) is 9.40. The average molecular weight is 183 g/mol. The molecular formula is C10H17NS. The summed E-state index contributed by atoms with van der Waals surface area (Å²) in [4.78, 5) is 1.32. The fourth-order valence-electron chi connectivity index (χ4n) is 0.641. The second kappa shape index (κ2) is 7.04. The SMILES string of the molecule is C=C(C)NC/C(=C\C=C/C)SC. The van der Waals surface area contributed by atoms with E-state index in [1.165, 1.54) is 4.91 Å². The third kappa shape index (κ3) is 6.10. The molecule has 0 heterocycles. The molecule has 2 heteroatoms. The van der Waals surface area contributed by atoms with Gasteiger partial charge < -0.3 is 5.32 Å². The van der Waals surface area contributed by atoms with E-state index in [1.807, 2.05) is 26.0 Å². The molecule has 0 aliphatic carbocycles. The van der Waals surface area contributed by atoms with Gasteiger partial charge in [0.2, 0.25) is 0 Å². The molecule has 0 saturated heterocycles. The molecule has 0 aromatic heterocycles. The predicted octanol–water partition coefficient (Wildman–Crippen LogP) is 2.93. The summed E-state index contributed by atoms with van der Waals surface area (Å²) in [5.74, 6) is 0. The average Bonchev–Trinajstić information content (AvgIpc) is 2.05. The van der Waals surface area contributed by atoms with E-state index in [0.717, 1.165) is 12.2 Å². The van der Waals surface area contributed by atoms with Crippen molar-refractivity contribution in [2.45, 2.75) is 13.8 Å². The predicted molar refractivity (Wildman–Crippen MR) is 59.2 cm³/mol. The first-order valence-electron chi connectivity index (χ1n) is 3.96. The van der Waals surface area contributed by atoms with Gasteiger partial charge in [-0.3, -0.25) is 0 Å². The lowest BCUT2D eigenvalue weighted by Crippen LogP contribution is -2.12. The van der Waals surface area contributed by atoms with Crippen LogP contribution in [0.5, 0.6) is 0 Å². The zero-order valence-corrected chi connectivity index (χ0v) is 8.87. The van der Waals surface area contributed by atoms with Crippen molar-refractivity contribution in [3.8, 4) is 0 Å². The molecule has 0 aliphatic heterocycles. The van der Waals surface area contributed by atoms with Crippen LogP contribution in [0.2, 0.25) is 0 Å². The molecule has 0 aromatic carbocycles. The van der Waals surface area contributed by atoms with Crippen LogP contribution in [0.4, 0.5) is 0 Å². The maximum absolute atomic E-state index is 3.78. The highest BCUT2D eigenvalue weighted by molar-refractivity contribution is 8.02. The number of allylic oxidation sites excluding steroid dienone is 4. The Morgan fingerprint density at radius 3 is 2.67 bits per heavy atom. The van der Waals surface area contributed by atoms with Crippen molar-refractivity contribution < 1.29 is 0 Å². The Hall–Kier alpha value is -0.630. The Kier molecular flexibility index (Phi) is 6.67. The van der Waals surface area contributed by atoms with E-state index >= 15 is 0 Å². The molecule has 0 amide bonds. The standard InChI is InChI=1S/C10H17NS/c1-5-6-7-10(12-4)8-11-9(2)3/h5-7,11H,2,8H2,1,3-4H3/b6-5-,10-7+. The minimum atomic E-state index is 0.876. The van der Waals surface area contributed by atoms with Gasteiger partial charge >= 0.3 is 0 Å². The molecule has 0 fully saturated rings. The normalized spacial score (nSPS) is 12.1. The van der Waals surface area contributed by atoms with Gasteiger partial charge in [0.05, 0.1) is 0 Å². The first-order valence-corrected chi connectivity index (χ1v) is 5.18. The van der Waals surface area contributed by atoms with Gasteiger partial charge in [0, 0.05) is 17.1 Å². The van der Waals surface area contributed by atoms with Crippen molar-refractivity contribution in [3.05, 3.63) is 35.4 Å². The fraction of sp³-hybridized carbons (Fsp3) is 0.400. The lowest BCUT2D eigenvalue weighted by atomic mass is 10.4. The summed E-state index contributed by atoms with van der Waals surface area (Å²) >= 11 is 1.76. The number of rotatable bonds is 5. The summed E-state index contributed by atoms with van der Waals surface area (Å²) in [6.07, 6.45) is 8.26. The number of hydrogen-bond acceptors (Lipinski definition) is 2. The van der Waals surface area contributed by atoms with Crippen LogP contribution in [0.3, 0.4) is 0 Å². The van der Waals surface area contributed by atoms with Crippen LogP contribution in [0.1, 0.15) is 13.8 Å². The quantitative estimate of drug-likeness (QED) is 0.658. The van der Waals surface area contributed by atoms with Crippen LogP contribution >= 0.6 is 11.8 Å². The molecule has 0 aliphatic rings. The molecule has 0 rings (SSSR count). The van der Waals surface area contributed by atoms with Crippen LogP contribution in [-0.2, 0) is 0 Å². The van der Waals surface area contributed by atoms with E-state index in [4.69, 9.17) is 0 Å². The summed E-state index contributed by atoms with van der Waals surface area (Å²) in [6, 6.07) is 0. The Morgan fingerprint density at radius 1 is 1.58 bits per heavy atom. The Labute approximate surface area is 79.6 Å². The zero-order valence-electron chi connectivity index (χ0n) is 8.05. The van der Waals surface area contributed by atoms with Gasteiger partial charge in [-0.25, -0.2) is 0 Å². The number of thioether (sulfide) groups is 1. The van der Waals surface area contributed by atoms with Crippen LogP contribution < -0.4 is 5.32 Å². The molecular weight excluding hydrogens is 166 g/mol. The molecule has 0 saturated carbocycles. The first-order chi connectivity index (χ1) is 5.70. The van der Waals surface area contributed by atoms with Crippen LogP contribution in [0.15, 0.2) is 35.4 Å². The highest BCUT2D eigenvalue weighted by Crippen LogP contribution is 2.10. The minimum absolute atomic E-state index is 0.876. The van der Waals surface area contributed by atoms with Gasteiger partial charge in [0.1, 0.15) is 0 Å². The van der Waals surface area contributed by atoms with Gasteiger partial charge in [0.25, 0.3) is 0 Å². The molecule has 0 atom stereocenters. The minimum Gasteiger partial charge on any atom is -0.384 e. The number of hydrogen-bond donors (Lipinski definition) is 1. The van der Waals surface area contributed by atoms with Gasteiger partial charge in [-0.15, -0.1) is 11.8 Å². The highest BCUT2D eigenvalue weighted by atomic mass is 32.2. The lowest BCUT2D eigenvalue weighted by molar-refractivity contribution is 0.903. The fourth-order valence-corrected chi connectivity index (χ4v) is 1.07. The lowest BCUT2D eigenvalue weighted by Gasteiger charge is -2.05. The third-order valence-corrected chi connectivity index (χ3v) is 2.11. The first kappa shape index (κ1) is 11.4. The second-order valence-corrected chi connectivity index (χ2v) is 3.43. The van der Waals surface area contributed by atoms with E-state index in [9.17, 15) is 0 Å². The van der Waals surface area contributed by atoms with E-state index in [-0.39, 0.29) is 0 Å². The van der Waals surface area contributed by atoms with Crippen molar-refractivity contribution >= 4 is 11.8 Å². The molecule has 68 valence electrons. The van der Waals surface area contributed by atoms with Gasteiger partial charge in [-0.1, -0.05) is 24.8 Å². The summed E-state index contributed by atoms with van der Waals surface area (Å²) in [7, 11) is 0. The molecule has 1 N–H and O–H groups in total. The molecule has 0 bridgehead atoms. The smallest absolute Gasteiger partial charge is 0.0456 e. The molecule has 12 heavy (non-hydrogen) atoms. The summed E-state index contributed by atoms with van der Waals surface area (Å²) in [6.45, 7) is 8.63. The molecule has 0 aromatic rings. The van der Waals surface area contributed by atoms with Crippen LogP contribution in [-0.4, -0.2) is 12.8 Å². The molecule has 0 spiro atoms. The van der Waals surface area contributed by atoms with Gasteiger partial charge in [-0.05, 0) is 20.1 Å². The number of nitrogens with one attached hydrogen (secondary N) is 1. The van der Waals surface area contributed by atoms with E-state index in [0.29, 0.717) is 0 Å². The van der Waals surface area contributed by atoms with Crippen LogP contribution in [0.25, 0.3) is 0 Å². The third-order valence-electron chi connectivity index (χ3n) is 1.30. The molecule has 0 unspecified atom stereocenters. The van der Waals surface area contributed by atoms with E-state index < -0.39 is 0 Å². The van der Waals surface area contributed by atoms with Crippen LogP contribution in [0, 0.1) is 0 Å². The maximum Gasteiger partial charge on any atom is 0.0456 e. The van der Waals surface area contributed by atoms with Gasteiger partial charge in [0.15, 0.2) is 0 Å². The summed E-state index contributed by atoms with van der Waals surface area (Å²) in [5.41, 5.74) is 1.01. The van der Waals surface area contributed by atoms with E-state index in [1.54, 1.807) is 11.8 Å². The van der Waals surface area contributed by atoms with Crippen molar-refractivity contribution in [1.82, 2.24) is 5.32 Å². The van der Waals surface area contributed by atoms with Crippen molar-refractivity contribution in [1.29, 1.82) is 0 Å². The molecule has 1 nitrogen and oxygen atoms in total. The topological polar surface area (TPSA) is 12.0 Å². The highest BCUT2D eigenvalue weighted by Gasteiger charge is 1.91. The largest absolute Gasteiger partial charge is 0.384 e. The Bertz CT molecular complexity index is 192. The second-order valence-electron chi connectivity index (χ2n) is 2.50.